The monoisotopic (exact) mass is 290 g/mol. The van der Waals surface area contributed by atoms with Crippen molar-refractivity contribution in [3.63, 3.8) is 0 Å². The minimum absolute atomic E-state index is 0.00729. The van der Waals surface area contributed by atoms with E-state index >= 15 is 0 Å². The van der Waals surface area contributed by atoms with Crippen LogP contribution in [0.4, 0.5) is 0 Å². The fourth-order valence-corrected chi connectivity index (χ4v) is 1.68. The van der Waals surface area contributed by atoms with Crippen LogP contribution in [0.2, 0.25) is 0 Å². The van der Waals surface area contributed by atoms with Crippen LogP contribution < -0.4 is 19.7 Å². The second kappa shape index (κ2) is 7.14. The largest absolute Gasteiger partial charge is 0.545 e. The number of aliphatic carboxylic acids is 2. The van der Waals surface area contributed by atoms with Gasteiger partial charge in [0.1, 0.15) is 11.5 Å². The summed E-state index contributed by atoms with van der Waals surface area (Å²) in [5, 5.41) is 21.7. The predicted molar refractivity (Wildman–Crippen MR) is 71.3 cm³/mol. The van der Waals surface area contributed by atoms with Crippen molar-refractivity contribution in [2.75, 3.05) is 14.2 Å². The summed E-state index contributed by atoms with van der Waals surface area (Å²) in [4.78, 5) is 21.7. The van der Waals surface area contributed by atoms with Crippen molar-refractivity contribution in [2.24, 2.45) is 0 Å². The zero-order chi connectivity index (χ0) is 16.0. The van der Waals surface area contributed by atoms with Gasteiger partial charge in [0.25, 0.3) is 0 Å². The maximum absolute atomic E-state index is 11.2. The van der Waals surface area contributed by atoms with Gasteiger partial charge < -0.3 is 29.3 Å². The highest BCUT2D eigenvalue weighted by molar-refractivity contribution is 5.98. The predicted octanol–water partition coefficient (Wildman–Crippen LogP) is -0.467. The molecule has 0 bridgehead atoms. The van der Waals surface area contributed by atoms with Gasteiger partial charge in [-0.1, -0.05) is 0 Å². The average Bonchev–Trinajstić information content (AvgIpc) is 2.43. The molecule has 0 aliphatic heterocycles. The zero-order valence-electron chi connectivity index (χ0n) is 11.8. The SMILES string of the molecule is COc1ccc(C=C(C(=O)[O-])C(C)=CC(=O)[O-])c(OC)c1. The van der Waals surface area contributed by atoms with E-state index in [1.54, 1.807) is 18.2 Å². The van der Waals surface area contributed by atoms with E-state index in [0.717, 1.165) is 0 Å². The minimum atomic E-state index is -1.50. The molecular formula is C15H14O6-2. The lowest BCUT2D eigenvalue weighted by atomic mass is 10.0. The highest BCUT2D eigenvalue weighted by Crippen LogP contribution is 2.27. The molecule has 0 aliphatic carbocycles. The first-order valence-corrected chi connectivity index (χ1v) is 5.93. The number of carbonyl (C=O) groups excluding carboxylic acids is 2. The van der Waals surface area contributed by atoms with E-state index in [4.69, 9.17) is 9.47 Å². The van der Waals surface area contributed by atoms with Crippen molar-refractivity contribution in [1.82, 2.24) is 0 Å². The van der Waals surface area contributed by atoms with E-state index in [1.807, 2.05) is 0 Å². The van der Waals surface area contributed by atoms with E-state index in [2.05, 4.69) is 0 Å². The zero-order valence-corrected chi connectivity index (χ0v) is 11.8. The van der Waals surface area contributed by atoms with Gasteiger partial charge in [-0.25, -0.2) is 0 Å². The third-order valence-electron chi connectivity index (χ3n) is 2.72. The Balaban J connectivity index is 3.35. The van der Waals surface area contributed by atoms with Crippen molar-refractivity contribution in [3.8, 4) is 11.5 Å². The summed E-state index contributed by atoms with van der Waals surface area (Å²) in [7, 11) is 2.91. The van der Waals surface area contributed by atoms with Crippen LogP contribution in [0.1, 0.15) is 12.5 Å². The summed E-state index contributed by atoms with van der Waals surface area (Å²) in [6.07, 6.45) is 1.96. The lowest BCUT2D eigenvalue weighted by molar-refractivity contribution is -0.298. The minimum Gasteiger partial charge on any atom is -0.545 e. The van der Waals surface area contributed by atoms with Crippen LogP contribution in [0.15, 0.2) is 35.4 Å². The first-order valence-electron chi connectivity index (χ1n) is 5.93. The van der Waals surface area contributed by atoms with E-state index in [-0.39, 0.29) is 11.1 Å². The van der Waals surface area contributed by atoms with Crippen LogP contribution >= 0.6 is 0 Å². The Morgan fingerprint density at radius 1 is 1.14 bits per heavy atom. The molecular weight excluding hydrogens is 276 g/mol. The molecule has 0 aromatic heterocycles. The lowest BCUT2D eigenvalue weighted by Crippen LogP contribution is -2.26. The molecule has 0 heterocycles. The van der Waals surface area contributed by atoms with Gasteiger partial charge in [0, 0.05) is 17.2 Å². The molecule has 0 spiro atoms. The number of carboxylic acid groups (broad SMARTS) is 2. The van der Waals surface area contributed by atoms with Gasteiger partial charge in [0.15, 0.2) is 0 Å². The number of benzene rings is 1. The van der Waals surface area contributed by atoms with E-state index < -0.39 is 11.9 Å². The maximum Gasteiger partial charge on any atom is 0.129 e. The third-order valence-corrected chi connectivity index (χ3v) is 2.72. The summed E-state index contributed by atoms with van der Waals surface area (Å²) < 4.78 is 10.2. The smallest absolute Gasteiger partial charge is 0.129 e. The molecule has 0 saturated carbocycles. The molecule has 0 fully saturated rings. The molecule has 0 amide bonds. The van der Waals surface area contributed by atoms with Crippen LogP contribution in [-0.4, -0.2) is 26.2 Å². The van der Waals surface area contributed by atoms with Crippen LogP contribution in [0.5, 0.6) is 11.5 Å². The van der Waals surface area contributed by atoms with Gasteiger partial charge in [0.2, 0.25) is 0 Å². The van der Waals surface area contributed by atoms with Crippen molar-refractivity contribution >= 4 is 18.0 Å². The molecule has 6 heteroatoms. The average molecular weight is 290 g/mol. The second-order valence-corrected chi connectivity index (χ2v) is 4.10. The Kier molecular flexibility index (Phi) is 5.54. The summed E-state index contributed by atoms with van der Waals surface area (Å²) in [5.41, 5.74) is 0.180. The van der Waals surface area contributed by atoms with Crippen LogP contribution in [-0.2, 0) is 9.59 Å². The Morgan fingerprint density at radius 3 is 2.29 bits per heavy atom. The molecule has 0 N–H and O–H groups in total. The van der Waals surface area contributed by atoms with Gasteiger partial charge in [0.05, 0.1) is 26.2 Å². The Labute approximate surface area is 121 Å². The number of hydrogen-bond acceptors (Lipinski definition) is 6. The van der Waals surface area contributed by atoms with Gasteiger partial charge >= 0.3 is 0 Å². The van der Waals surface area contributed by atoms with Crippen molar-refractivity contribution in [3.05, 3.63) is 41.0 Å². The Morgan fingerprint density at radius 2 is 1.81 bits per heavy atom. The van der Waals surface area contributed by atoms with Crippen LogP contribution in [0, 0.1) is 0 Å². The van der Waals surface area contributed by atoms with Crippen LogP contribution in [0.3, 0.4) is 0 Å². The first kappa shape index (κ1) is 16.3. The van der Waals surface area contributed by atoms with E-state index in [9.17, 15) is 19.8 Å². The molecule has 0 saturated heterocycles. The molecule has 1 rings (SSSR count). The summed E-state index contributed by atoms with van der Waals surface area (Å²) in [5.74, 6) is -2.06. The van der Waals surface area contributed by atoms with Gasteiger partial charge in [-0.05, 0) is 36.8 Å². The van der Waals surface area contributed by atoms with Crippen LogP contribution in [0.25, 0.3) is 6.08 Å². The topological polar surface area (TPSA) is 98.7 Å². The molecule has 112 valence electrons. The van der Waals surface area contributed by atoms with E-state index in [0.29, 0.717) is 23.1 Å². The van der Waals surface area contributed by atoms with Gasteiger partial charge in [-0.3, -0.25) is 0 Å². The molecule has 0 radical (unpaired) electrons. The fourth-order valence-electron chi connectivity index (χ4n) is 1.68. The number of carbonyl (C=O) groups is 2. The standard InChI is InChI=1S/C15H16O6/c1-9(6-14(16)17)12(15(18)19)7-10-4-5-11(20-2)8-13(10)21-3/h4-8H,1-3H3,(H,16,17)(H,18,19)/p-2. The second-order valence-electron chi connectivity index (χ2n) is 4.10. The van der Waals surface area contributed by atoms with Gasteiger partial charge in [-0.2, -0.15) is 0 Å². The number of ether oxygens (including phenoxy) is 2. The molecule has 0 aliphatic rings. The highest BCUT2D eigenvalue weighted by Gasteiger charge is 2.07. The number of rotatable bonds is 6. The van der Waals surface area contributed by atoms with E-state index in [1.165, 1.54) is 27.2 Å². The molecule has 0 atom stereocenters. The number of hydrogen-bond donors (Lipinski definition) is 0. The molecule has 1 aromatic rings. The van der Waals surface area contributed by atoms with Gasteiger partial charge in [-0.15, -0.1) is 0 Å². The molecule has 1 aromatic carbocycles. The molecule has 6 nitrogen and oxygen atoms in total. The normalized spacial score (nSPS) is 12.0. The highest BCUT2D eigenvalue weighted by atomic mass is 16.5. The maximum atomic E-state index is 11.2. The number of methoxy groups -OCH3 is 2. The van der Waals surface area contributed by atoms with Crippen molar-refractivity contribution < 1.29 is 29.3 Å². The quantitative estimate of drug-likeness (QED) is 0.519. The Hall–Kier alpha value is -2.76. The molecule has 21 heavy (non-hydrogen) atoms. The Bertz CT molecular complexity index is 613. The van der Waals surface area contributed by atoms with Crippen molar-refractivity contribution in [1.29, 1.82) is 0 Å². The summed E-state index contributed by atoms with van der Waals surface area (Å²) in [6.45, 7) is 1.34. The van der Waals surface area contributed by atoms with Crippen molar-refractivity contribution in [2.45, 2.75) is 6.92 Å². The fraction of sp³-hybridized carbons (Fsp3) is 0.200. The lowest BCUT2D eigenvalue weighted by Gasteiger charge is -2.12. The third kappa shape index (κ3) is 4.38. The summed E-state index contributed by atoms with van der Waals surface area (Å²) >= 11 is 0. The first-order chi connectivity index (χ1) is 9.88. The number of carboxylic acids is 2. The molecule has 0 unspecified atom stereocenters. The summed E-state index contributed by atoms with van der Waals surface area (Å²) in [6, 6.07) is 4.79.